The topological polar surface area (TPSA) is 141 Å². The minimum absolute atomic E-state index is 0.162. The van der Waals surface area contributed by atoms with Crippen molar-refractivity contribution in [3.63, 3.8) is 0 Å². The Labute approximate surface area is 151 Å². The Hall–Kier alpha value is -4.00. The first kappa shape index (κ1) is 17.8. The molecule has 0 spiro atoms. The molecule has 1 aromatic heterocycles. The summed E-state index contributed by atoms with van der Waals surface area (Å²) in [6, 6.07) is 7.10. The van der Waals surface area contributed by atoms with Crippen molar-refractivity contribution >= 4 is 17.1 Å². The highest BCUT2D eigenvalue weighted by Crippen LogP contribution is 2.37. The SMILES string of the molecule is CC1(C)C=C(n2cc([N+](=O)[O-])cc([N+](=O)[O-])c2=O)c2cc(C#N)ccc2O1. The predicted octanol–water partition coefficient (Wildman–Crippen LogP) is 2.60. The first-order chi connectivity index (χ1) is 12.6. The molecule has 136 valence electrons. The molecule has 0 saturated carbocycles. The number of hydrogen-bond acceptors (Lipinski definition) is 7. The first-order valence-electron chi connectivity index (χ1n) is 7.65. The van der Waals surface area contributed by atoms with E-state index in [1.54, 1.807) is 19.9 Å². The van der Waals surface area contributed by atoms with Crippen LogP contribution in [0.3, 0.4) is 0 Å². The van der Waals surface area contributed by atoms with Crippen molar-refractivity contribution in [3.8, 4) is 11.8 Å². The number of hydrogen-bond donors (Lipinski definition) is 0. The largest absolute Gasteiger partial charge is 0.483 e. The zero-order valence-corrected chi connectivity index (χ0v) is 14.2. The van der Waals surface area contributed by atoms with Crippen LogP contribution in [0.5, 0.6) is 5.75 Å². The summed E-state index contributed by atoms with van der Waals surface area (Å²) >= 11 is 0. The minimum Gasteiger partial charge on any atom is -0.483 e. The molecule has 2 heterocycles. The lowest BCUT2D eigenvalue weighted by Gasteiger charge is -2.31. The van der Waals surface area contributed by atoms with Gasteiger partial charge in [-0.05, 0) is 38.1 Å². The van der Waals surface area contributed by atoms with Crippen molar-refractivity contribution in [3.05, 3.63) is 78.2 Å². The van der Waals surface area contributed by atoms with E-state index in [9.17, 15) is 25.0 Å². The summed E-state index contributed by atoms with van der Waals surface area (Å²) in [6.45, 7) is 3.40. The van der Waals surface area contributed by atoms with Crippen LogP contribution in [0.15, 0.2) is 41.3 Å². The highest BCUT2D eigenvalue weighted by atomic mass is 16.6. The smallest absolute Gasteiger partial charge is 0.341 e. The molecule has 27 heavy (non-hydrogen) atoms. The number of fused-ring (bicyclic) bond motifs is 1. The van der Waals surface area contributed by atoms with E-state index in [4.69, 9.17) is 10.00 Å². The number of rotatable bonds is 3. The molecule has 0 atom stereocenters. The van der Waals surface area contributed by atoms with Crippen LogP contribution >= 0.6 is 0 Å². The molecule has 1 aliphatic rings. The number of ether oxygens (including phenoxy) is 1. The molecule has 3 rings (SSSR count). The Morgan fingerprint density at radius 1 is 1.19 bits per heavy atom. The molecule has 0 saturated heterocycles. The molecule has 10 nitrogen and oxygen atoms in total. The molecule has 0 N–H and O–H groups in total. The maximum Gasteiger partial charge on any atom is 0.341 e. The van der Waals surface area contributed by atoms with E-state index in [0.29, 0.717) is 17.4 Å². The van der Waals surface area contributed by atoms with Crippen molar-refractivity contribution in [1.82, 2.24) is 4.57 Å². The third-order valence-electron chi connectivity index (χ3n) is 3.89. The van der Waals surface area contributed by atoms with Crippen molar-refractivity contribution in [2.24, 2.45) is 0 Å². The van der Waals surface area contributed by atoms with Crippen molar-refractivity contribution in [1.29, 1.82) is 5.26 Å². The van der Waals surface area contributed by atoms with Crippen LogP contribution in [0.2, 0.25) is 0 Å². The van der Waals surface area contributed by atoms with Gasteiger partial charge in [0.25, 0.3) is 5.69 Å². The first-order valence-corrected chi connectivity index (χ1v) is 7.65. The lowest BCUT2D eigenvalue weighted by Crippen LogP contribution is -2.32. The Balaban J connectivity index is 2.38. The highest BCUT2D eigenvalue weighted by molar-refractivity contribution is 5.75. The van der Waals surface area contributed by atoms with Gasteiger partial charge in [-0.15, -0.1) is 0 Å². The monoisotopic (exact) mass is 368 g/mol. The van der Waals surface area contributed by atoms with Gasteiger partial charge in [0.05, 0.1) is 33.4 Å². The molecule has 1 aliphatic heterocycles. The molecule has 2 aromatic rings. The molecule has 0 fully saturated rings. The molecule has 1 aromatic carbocycles. The lowest BCUT2D eigenvalue weighted by molar-refractivity contribution is -0.395. The Kier molecular flexibility index (Phi) is 4.00. The summed E-state index contributed by atoms with van der Waals surface area (Å²) in [5.41, 5.74) is -2.69. The number of aromatic nitrogens is 1. The van der Waals surface area contributed by atoms with E-state index in [-0.39, 0.29) is 11.3 Å². The number of pyridine rings is 1. The summed E-state index contributed by atoms with van der Waals surface area (Å²) in [4.78, 5) is 33.2. The quantitative estimate of drug-likeness (QED) is 0.598. The van der Waals surface area contributed by atoms with Gasteiger partial charge in [0.1, 0.15) is 17.4 Å². The van der Waals surface area contributed by atoms with Gasteiger partial charge in [0.15, 0.2) is 0 Å². The minimum atomic E-state index is -1.03. The van der Waals surface area contributed by atoms with Crippen molar-refractivity contribution in [2.75, 3.05) is 0 Å². The molecule has 0 radical (unpaired) electrons. The second-order valence-electron chi connectivity index (χ2n) is 6.33. The summed E-state index contributed by atoms with van der Waals surface area (Å²) in [7, 11) is 0. The van der Waals surface area contributed by atoms with E-state index in [0.717, 1.165) is 10.8 Å². The third kappa shape index (κ3) is 3.13. The molecular formula is C17H12N4O6. The zero-order valence-electron chi connectivity index (χ0n) is 14.2. The van der Waals surface area contributed by atoms with Gasteiger partial charge in [-0.3, -0.25) is 29.6 Å². The Morgan fingerprint density at radius 2 is 1.89 bits per heavy atom. The van der Waals surface area contributed by atoms with Crippen LogP contribution in [-0.4, -0.2) is 20.0 Å². The lowest BCUT2D eigenvalue weighted by atomic mass is 9.97. The van der Waals surface area contributed by atoms with E-state index >= 15 is 0 Å². The highest BCUT2D eigenvalue weighted by Gasteiger charge is 2.31. The number of nitriles is 1. The van der Waals surface area contributed by atoms with Gasteiger partial charge in [-0.2, -0.15) is 5.26 Å². The molecular weight excluding hydrogens is 356 g/mol. The van der Waals surface area contributed by atoms with Crippen LogP contribution in [0, 0.1) is 31.6 Å². The zero-order chi connectivity index (χ0) is 19.9. The summed E-state index contributed by atoms with van der Waals surface area (Å²) in [5, 5.41) is 31.5. The fraction of sp³-hybridized carbons (Fsp3) is 0.176. The number of nitro groups is 2. The maximum absolute atomic E-state index is 12.6. The number of benzene rings is 1. The summed E-state index contributed by atoms with van der Waals surface area (Å²) < 4.78 is 6.64. The van der Waals surface area contributed by atoms with E-state index in [1.807, 2.05) is 6.07 Å². The van der Waals surface area contributed by atoms with Gasteiger partial charge >= 0.3 is 11.2 Å². The normalized spacial score (nSPS) is 14.3. The second kappa shape index (κ2) is 6.06. The van der Waals surface area contributed by atoms with Gasteiger partial charge in [0.2, 0.25) is 0 Å². The van der Waals surface area contributed by atoms with Gasteiger partial charge in [0, 0.05) is 5.56 Å². The average molecular weight is 368 g/mol. The Morgan fingerprint density at radius 3 is 2.48 bits per heavy atom. The standard InChI is InChI=1S/C17H12N4O6/c1-17(2)7-14(12-5-10(8-18)3-4-15(12)27-17)19-9-11(20(23)24)6-13(16(19)22)21(25)26/h3-7,9H,1-2H3. The third-order valence-corrected chi connectivity index (χ3v) is 3.89. The van der Waals surface area contributed by atoms with Gasteiger partial charge in [-0.1, -0.05) is 0 Å². The fourth-order valence-corrected chi connectivity index (χ4v) is 2.77. The molecule has 0 amide bonds. The second-order valence-corrected chi connectivity index (χ2v) is 6.33. The van der Waals surface area contributed by atoms with Crippen molar-refractivity contribution < 1.29 is 14.6 Å². The van der Waals surface area contributed by atoms with E-state index in [2.05, 4.69) is 0 Å². The number of nitrogens with zero attached hydrogens (tertiary/aromatic N) is 4. The summed E-state index contributed by atoms with van der Waals surface area (Å²) in [5.74, 6) is 0.345. The van der Waals surface area contributed by atoms with Crippen LogP contribution < -0.4 is 10.3 Å². The summed E-state index contributed by atoms with van der Waals surface area (Å²) in [6.07, 6.45) is 2.44. The van der Waals surface area contributed by atoms with E-state index < -0.39 is 32.4 Å². The fourth-order valence-electron chi connectivity index (χ4n) is 2.77. The predicted molar refractivity (Wildman–Crippen MR) is 93.2 cm³/mol. The molecule has 10 heteroatoms. The van der Waals surface area contributed by atoms with Crippen LogP contribution in [-0.2, 0) is 0 Å². The van der Waals surface area contributed by atoms with E-state index in [1.165, 1.54) is 18.2 Å². The Bertz CT molecular complexity index is 1120. The average Bonchev–Trinajstić information content (AvgIpc) is 2.59. The van der Waals surface area contributed by atoms with Crippen molar-refractivity contribution in [2.45, 2.75) is 19.4 Å². The van der Waals surface area contributed by atoms with Crippen LogP contribution in [0.4, 0.5) is 11.4 Å². The maximum atomic E-state index is 12.6. The van der Waals surface area contributed by atoms with Crippen LogP contribution in [0.25, 0.3) is 5.70 Å². The van der Waals surface area contributed by atoms with Gasteiger partial charge < -0.3 is 4.74 Å². The molecule has 0 unspecified atom stereocenters. The molecule has 0 bridgehead atoms. The molecule has 0 aliphatic carbocycles. The van der Waals surface area contributed by atoms with Crippen LogP contribution in [0.1, 0.15) is 25.0 Å². The van der Waals surface area contributed by atoms with Gasteiger partial charge in [-0.25, -0.2) is 0 Å².